The van der Waals surface area contributed by atoms with E-state index < -0.39 is 0 Å². The Labute approximate surface area is 137 Å². The molecule has 0 aliphatic carbocycles. The molecule has 1 heterocycles. The van der Waals surface area contributed by atoms with Crippen LogP contribution in [0.4, 0.5) is 4.39 Å². The lowest BCUT2D eigenvalue weighted by Crippen LogP contribution is -2.26. The number of hydrogen-bond donors (Lipinski definition) is 1. The Kier molecular flexibility index (Phi) is 6.15. The molecule has 5 heteroatoms. The summed E-state index contributed by atoms with van der Waals surface area (Å²) in [5.74, 6) is -0.292. The molecule has 2 aromatic rings. The van der Waals surface area contributed by atoms with E-state index in [0.717, 1.165) is 23.0 Å². The maximum absolute atomic E-state index is 14.0. The Morgan fingerprint density at radius 3 is 2.86 bits per heavy atom. The Morgan fingerprint density at radius 2 is 2.19 bits per heavy atom. The van der Waals surface area contributed by atoms with Crippen LogP contribution in [0.2, 0.25) is 5.02 Å². The molecule has 0 bridgehead atoms. The summed E-state index contributed by atoms with van der Waals surface area (Å²) < 4.78 is 14.9. The van der Waals surface area contributed by atoms with Gasteiger partial charge in [-0.3, -0.25) is 4.98 Å². The van der Waals surface area contributed by atoms with Gasteiger partial charge in [-0.2, -0.15) is 0 Å². The molecule has 0 radical (unpaired) electrons. The number of halogens is 3. The lowest BCUT2D eigenvalue weighted by atomic mass is 10.0. The minimum Gasteiger partial charge on any atom is -0.308 e. The van der Waals surface area contributed by atoms with Crippen molar-refractivity contribution in [2.45, 2.75) is 25.8 Å². The van der Waals surface area contributed by atoms with Crippen molar-refractivity contribution in [3.8, 4) is 0 Å². The Balaban J connectivity index is 2.26. The molecule has 112 valence electrons. The van der Waals surface area contributed by atoms with Gasteiger partial charge < -0.3 is 5.32 Å². The van der Waals surface area contributed by atoms with Crippen molar-refractivity contribution in [1.82, 2.24) is 10.3 Å². The summed E-state index contributed by atoms with van der Waals surface area (Å²) in [4.78, 5) is 4.19. The maximum atomic E-state index is 14.0. The highest BCUT2D eigenvalue weighted by atomic mass is 79.9. The monoisotopic (exact) mass is 370 g/mol. The van der Waals surface area contributed by atoms with Crippen LogP contribution in [-0.2, 0) is 6.42 Å². The maximum Gasteiger partial charge on any atom is 0.146 e. The molecule has 1 aromatic heterocycles. The largest absolute Gasteiger partial charge is 0.308 e. The third-order valence-electron chi connectivity index (χ3n) is 3.20. The summed E-state index contributed by atoms with van der Waals surface area (Å²) >= 11 is 9.65. The second-order valence-corrected chi connectivity index (χ2v) is 6.14. The van der Waals surface area contributed by atoms with Crippen molar-refractivity contribution >= 4 is 27.5 Å². The van der Waals surface area contributed by atoms with E-state index in [1.54, 1.807) is 12.3 Å². The smallest absolute Gasteiger partial charge is 0.146 e. The molecule has 2 rings (SSSR count). The van der Waals surface area contributed by atoms with Crippen LogP contribution in [0.1, 0.15) is 30.6 Å². The lowest BCUT2D eigenvalue weighted by molar-refractivity contribution is 0.483. The molecule has 0 spiro atoms. The van der Waals surface area contributed by atoms with Gasteiger partial charge in [0.2, 0.25) is 0 Å². The SMILES string of the molecule is CCCNC(Cc1ccc(Br)cc1Cl)c1ncccc1F. The van der Waals surface area contributed by atoms with E-state index in [2.05, 4.69) is 33.2 Å². The number of pyridine rings is 1. The Bertz CT molecular complexity index is 607. The van der Waals surface area contributed by atoms with Gasteiger partial charge in [-0.15, -0.1) is 0 Å². The summed E-state index contributed by atoms with van der Waals surface area (Å²) in [5, 5.41) is 4.01. The first kappa shape index (κ1) is 16.4. The molecule has 0 aliphatic heterocycles. The second-order valence-electron chi connectivity index (χ2n) is 4.82. The van der Waals surface area contributed by atoms with Crippen LogP contribution < -0.4 is 5.32 Å². The molecule has 0 fully saturated rings. The van der Waals surface area contributed by atoms with E-state index in [-0.39, 0.29) is 11.9 Å². The summed E-state index contributed by atoms with van der Waals surface area (Å²) in [7, 11) is 0. The fraction of sp³-hybridized carbons (Fsp3) is 0.312. The van der Waals surface area contributed by atoms with E-state index >= 15 is 0 Å². The van der Waals surface area contributed by atoms with Crippen molar-refractivity contribution < 1.29 is 4.39 Å². The standard InChI is InChI=1S/C16H17BrClFN2/c1-2-7-20-15(16-14(19)4-3-8-21-16)9-11-5-6-12(17)10-13(11)18/h3-6,8,10,15,20H,2,7,9H2,1H3. The molecule has 0 amide bonds. The molecule has 0 aliphatic rings. The zero-order valence-electron chi connectivity index (χ0n) is 11.7. The van der Waals surface area contributed by atoms with Gasteiger partial charge in [0.05, 0.1) is 11.7 Å². The van der Waals surface area contributed by atoms with Crippen LogP contribution in [0, 0.1) is 5.82 Å². The molecule has 0 saturated heterocycles. The highest BCUT2D eigenvalue weighted by Gasteiger charge is 2.18. The summed E-state index contributed by atoms with van der Waals surface area (Å²) in [6.07, 6.45) is 3.18. The van der Waals surface area contributed by atoms with Crippen molar-refractivity contribution in [1.29, 1.82) is 0 Å². The van der Waals surface area contributed by atoms with Crippen molar-refractivity contribution in [3.05, 3.63) is 63.1 Å². The van der Waals surface area contributed by atoms with Gasteiger partial charge in [0, 0.05) is 15.7 Å². The lowest BCUT2D eigenvalue weighted by Gasteiger charge is -2.19. The quantitative estimate of drug-likeness (QED) is 0.779. The molecule has 2 nitrogen and oxygen atoms in total. The zero-order chi connectivity index (χ0) is 15.2. The first-order chi connectivity index (χ1) is 10.1. The zero-order valence-corrected chi connectivity index (χ0v) is 14.1. The van der Waals surface area contributed by atoms with E-state index in [1.165, 1.54) is 6.07 Å². The van der Waals surface area contributed by atoms with Crippen molar-refractivity contribution in [2.75, 3.05) is 6.54 Å². The van der Waals surface area contributed by atoms with Gasteiger partial charge in [0.25, 0.3) is 0 Å². The first-order valence-corrected chi connectivity index (χ1v) is 8.06. The van der Waals surface area contributed by atoms with Crippen molar-refractivity contribution in [2.24, 2.45) is 0 Å². The third-order valence-corrected chi connectivity index (χ3v) is 4.04. The van der Waals surface area contributed by atoms with Gasteiger partial charge >= 0.3 is 0 Å². The molecule has 1 aromatic carbocycles. The molecule has 1 unspecified atom stereocenters. The molecule has 1 N–H and O–H groups in total. The average Bonchev–Trinajstić information content (AvgIpc) is 2.46. The van der Waals surface area contributed by atoms with Gasteiger partial charge in [-0.05, 0) is 49.2 Å². The predicted octanol–water partition coefficient (Wildman–Crippen LogP) is 4.92. The molecule has 0 saturated carbocycles. The van der Waals surface area contributed by atoms with E-state index in [4.69, 9.17) is 11.6 Å². The summed E-state index contributed by atoms with van der Waals surface area (Å²) in [5.41, 5.74) is 1.41. The van der Waals surface area contributed by atoms with Crippen LogP contribution in [-0.4, -0.2) is 11.5 Å². The number of rotatable bonds is 6. The Morgan fingerprint density at radius 1 is 1.38 bits per heavy atom. The molecule has 21 heavy (non-hydrogen) atoms. The molecular weight excluding hydrogens is 355 g/mol. The predicted molar refractivity (Wildman–Crippen MR) is 88.1 cm³/mol. The van der Waals surface area contributed by atoms with Crippen LogP contribution in [0.3, 0.4) is 0 Å². The van der Waals surface area contributed by atoms with Gasteiger partial charge in [0.1, 0.15) is 5.82 Å². The second kappa shape index (κ2) is 7.87. The van der Waals surface area contributed by atoms with E-state index in [1.807, 2.05) is 18.2 Å². The minimum atomic E-state index is -0.292. The molecular formula is C16H17BrClFN2. The summed E-state index contributed by atoms with van der Waals surface area (Å²) in [6.45, 7) is 2.88. The van der Waals surface area contributed by atoms with Gasteiger partial charge in [0.15, 0.2) is 0 Å². The first-order valence-electron chi connectivity index (χ1n) is 6.89. The highest BCUT2D eigenvalue weighted by molar-refractivity contribution is 9.10. The van der Waals surface area contributed by atoms with Gasteiger partial charge in [-0.1, -0.05) is 40.5 Å². The summed E-state index contributed by atoms with van der Waals surface area (Å²) in [6, 6.07) is 8.59. The number of nitrogens with one attached hydrogen (secondary N) is 1. The average molecular weight is 372 g/mol. The topological polar surface area (TPSA) is 24.9 Å². The fourth-order valence-corrected chi connectivity index (χ4v) is 2.90. The number of aromatic nitrogens is 1. The van der Waals surface area contributed by atoms with Crippen molar-refractivity contribution in [3.63, 3.8) is 0 Å². The van der Waals surface area contributed by atoms with Crippen LogP contribution in [0.15, 0.2) is 41.0 Å². The fourth-order valence-electron chi connectivity index (χ4n) is 2.15. The van der Waals surface area contributed by atoms with Crippen LogP contribution in [0.25, 0.3) is 0 Å². The normalized spacial score (nSPS) is 12.4. The van der Waals surface area contributed by atoms with Gasteiger partial charge in [-0.25, -0.2) is 4.39 Å². The third kappa shape index (κ3) is 4.50. The number of benzene rings is 1. The number of hydrogen-bond acceptors (Lipinski definition) is 2. The molecule has 1 atom stereocenters. The van der Waals surface area contributed by atoms with E-state index in [9.17, 15) is 4.39 Å². The van der Waals surface area contributed by atoms with E-state index in [0.29, 0.717) is 17.1 Å². The Hall–Kier alpha value is -0.970. The van der Waals surface area contributed by atoms with Crippen LogP contribution >= 0.6 is 27.5 Å². The minimum absolute atomic E-state index is 0.190. The van der Waals surface area contributed by atoms with Crippen LogP contribution in [0.5, 0.6) is 0 Å². The highest BCUT2D eigenvalue weighted by Crippen LogP contribution is 2.26. The number of nitrogens with zero attached hydrogens (tertiary/aromatic N) is 1.